The number of hydrogen-bond acceptors (Lipinski definition) is 11. The Labute approximate surface area is 381 Å². The second-order valence-electron chi connectivity index (χ2n) is 16.2. The van der Waals surface area contributed by atoms with Crippen molar-refractivity contribution in [2.45, 2.75) is 101 Å². The molecule has 2 N–H and O–H groups in total. The summed E-state index contributed by atoms with van der Waals surface area (Å²) >= 11 is 0. The van der Waals surface area contributed by atoms with Crippen molar-refractivity contribution in [3.8, 4) is 0 Å². The van der Waals surface area contributed by atoms with Crippen molar-refractivity contribution in [1.29, 1.82) is 0 Å². The molecule has 340 valence electrons. The number of benzene rings is 6. The normalized spacial score (nSPS) is 25.6. The molecule has 0 bridgehead atoms. The van der Waals surface area contributed by atoms with E-state index in [-0.39, 0.29) is 46.2 Å². The highest BCUT2D eigenvalue weighted by Crippen LogP contribution is 2.35. The van der Waals surface area contributed by atoms with Gasteiger partial charge in [0.25, 0.3) is 0 Å². The molecule has 0 amide bonds. The third kappa shape index (κ3) is 13.5. The second kappa shape index (κ2) is 24.4. The highest BCUT2D eigenvalue weighted by atomic mass is 16.7. The molecule has 6 aromatic carbocycles. The Morgan fingerprint density at radius 3 is 1.09 bits per heavy atom. The monoisotopic (exact) mass is 882 g/mol. The molecule has 2 aliphatic heterocycles. The molecule has 0 aromatic heterocycles. The van der Waals surface area contributed by atoms with Crippen LogP contribution < -0.4 is 0 Å². The van der Waals surface area contributed by atoms with Gasteiger partial charge in [-0.2, -0.15) is 0 Å². The Bertz CT molecular complexity index is 2210. The van der Waals surface area contributed by atoms with Gasteiger partial charge in [-0.15, -0.1) is 0 Å². The topological polar surface area (TPSA) is 124 Å². The zero-order chi connectivity index (χ0) is 44.5. The first-order chi connectivity index (χ1) is 32.1. The fraction of sp³-hybridized carbons (Fsp3) is 0.333. The van der Waals surface area contributed by atoms with Crippen molar-refractivity contribution in [3.63, 3.8) is 0 Å². The molecule has 10 atom stereocenters. The maximum absolute atomic E-state index is 12.2. The number of ether oxygens (including phenoxy) is 9. The minimum atomic E-state index is -1.41. The molecule has 2 heterocycles. The average Bonchev–Trinajstić information content (AvgIpc) is 3.35. The van der Waals surface area contributed by atoms with E-state index in [1.54, 1.807) is 0 Å². The van der Waals surface area contributed by atoms with Crippen LogP contribution in [0.3, 0.4) is 0 Å². The van der Waals surface area contributed by atoms with Gasteiger partial charge in [-0.3, -0.25) is 0 Å². The smallest absolute Gasteiger partial charge is 0.187 e. The summed E-state index contributed by atoms with van der Waals surface area (Å²) < 4.78 is 59.6. The lowest BCUT2D eigenvalue weighted by atomic mass is 9.96. The molecule has 2 fully saturated rings. The Kier molecular flexibility index (Phi) is 17.4. The van der Waals surface area contributed by atoms with Crippen LogP contribution in [-0.2, 0) is 82.3 Å². The van der Waals surface area contributed by atoms with Crippen LogP contribution in [0.15, 0.2) is 182 Å². The quantitative estimate of drug-likeness (QED) is 0.0691. The molecule has 0 unspecified atom stereocenters. The van der Waals surface area contributed by atoms with E-state index in [2.05, 4.69) is 0 Å². The summed E-state index contributed by atoms with van der Waals surface area (Å²) in [6, 6.07) is 58.6. The van der Waals surface area contributed by atoms with Crippen LogP contribution in [0.1, 0.15) is 33.4 Å². The summed E-state index contributed by atoms with van der Waals surface area (Å²) in [5.74, 6) is 0. The van der Waals surface area contributed by atoms with Crippen LogP contribution in [0.5, 0.6) is 0 Å². The zero-order valence-corrected chi connectivity index (χ0v) is 36.3. The molecule has 65 heavy (non-hydrogen) atoms. The van der Waals surface area contributed by atoms with Gasteiger partial charge in [0.15, 0.2) is 12.6 Å². The molecule has 11 heteroatoms. The fourth-order valence-electron chi connectivity index (χ4n) is 8.02. The standard InChI is InChI=1S/C54H58O11/c55-47-45(37-57-31-39-19-7-1-8-20-39)64-54(52(62-36-44-29-17-6-18-30-44)49(47)59-33-41-23-11-3-12-24-41)65-48-46(38-58-32-40-21-9-2-10-22-40)63-53(56)51(61-35-43-27-15-5-16-28-43)50(48)60-34-42-25-13-4-14-26-42/h1-30,45-56H,31-38H2/t45-,46-,47-,48-,49+,50+,51-,52-,53-,54+/m1/s1. The predicted molar refractivity (Wildman–Crippen MR) is 243 cm³/mol. The van der Waals surface area contributed by atoms with Gasteiger partial charge in [0, 0.05) is 0 Å². The minimum Gasteiger partial charge on any atom is -0.387 e. The summed E-state index contributed by atoms with van der Waals surface area (Å²) in [6.07, 6.45) is -10.4. The number of rotatable bonds is 22. The molecule has 0 spiro atoms. The first-order valence-electron chi connectivity index (χ1n) is 22.3. The molecule has 11 nitrogen and oxygen atoms in total. The van der Waals surface area contributed by atoms with Crippen LogP contribution in [0.25, 0.3) is 0 Å². The zero-order valence-electron chi connectivity index (χ0n) is 36.3. The van der Waals surface area contributed by atoms with Crippen molar-refractivity contribution < 1.29 is 52.8 Å². The van der Waals surface area contributed by atoms with E-state index in [1.165, 1.54) is 0 Å². The van der Waals surface area contributed by atoms with Crippen LogP contribution in [0.4, 0.5) is 0 Å². The van der Waals surface area contributed by atoms with E-state index in [1.807, 2.05) is 182 Å². The number of aliphatic hydroxyl groups is 2. The van der Waals surface area contributed by atoms with Gasteiger partial charge in [-0.05, 0) is 33.4 Å². The summed E-state index contributed by atoms with van der Waals surface area (Å²) in [5.41, 5.74) is 5.59. The van der Waals surface area contributed by atoms with E-state index in [4.69, 9.17) is 42.6 Å². The molecule has 6 aromatic rings. The van der Waals surface area contributed by atoms with Gasteiger partial charge in [-0.25, -0.2) is 0 Å². The van der Waals surface area contributed by atoms with Crippen LogP contribution in [0.2, 0.25) is 0 Å². The van der Waals surface area contributed by atoms with Crippen molar-refractivity contribution in [3.05, 3.63) is 215 Å². The van der Waals surface area contributed by atoms with E-state index in [0.717, 1.165) is 33.4 Å². The van der Waals surface area contributed by atoms with Crippen LogP contribution in [0, 0.1) is 0 Å². The highest BCUT2D eigenvalue weighted by Gasteiger charge is 2.53. The molecule has 2 aliphatic rings. The maximum atomic E-state index is 12.2. The fourth-order valence-corrected chi connectivity index (χ4v) is 8.02. The molecular formula is C54H58O11. The number of hydrogen-bond donors (Lipinski definition) is 2. The molecule has 2 saturated heterocycles. The van der Waals surface area contributed by atoms with Crippen LogP contribution in [-0.4, -0.2) is 84.8 Å². The van der Waals surface area contributed by atoms with E-state index < -0.39 is 61.4 Å². The van der Waals surface area contributed by atoms with Crippen LogP contribution >= 0.6 is 0 Å². The molecule has 8 rings (SSSR count). The lowest BCUT2D eigenvalue weighted by molar-refractivity contribution is -0.371. The first-order valence-corrected chi connectivity index (χ1v) is 22.3. The predicted octanol–water partition coefficient (Wildman–Crippen LogP) is 7.95. The van der Waals surface area contributed by atoms with Gasteiger partial charge in [-0.1, -0.05) is 182 Å². The SMILES string of the molecule is O[C@H]1[C@H](OCc2ccccc2)[C@@H](OCc2ccccc2)[C@H](O[C@H]2[C@H](OCc3ccccc3)[C@@H](OCc3ccccc3)[C@H](O)O[C@@H]2COCc2ccccc2)O[C@@H]1COCc1ccccc1. The third-order valence-electron chi connectivity index (χ3n) is 11.4. The Morgan fingerprint density at radius 2 is 0.677 bits per heavy atom. The third-order valence-corrected chi connectivity index (χ3v) is 11.4. The Balaban J connectivity index is 1.14. The van der Waals surface area contributed by atoms with E-state index in [0.29, 0.717) is 6.61 Å². The van der Waals surface area contributed by atoms with Gasteiger partial charge < -0.3 is 52.8 Å². The largest absolute Gasteiger partial charge is 0.387 e. The average molecular weight is 883 g/mol. The van der Waals surface area contributed by atoms with Crippen molar-refractivity contribution >= 4 is 0 Å². The molecular weight excluding hydrogens is 825 g/mol. The molecule has 0 saturated carbocycles. The van der Waals surface area contributed by atoms with Gasteiger partial charge in [0.2, 0.25) is 0 Å². The number of aliphatic hydroxyl groups excluding tert-OH is 2. The second-order valence-corrected chi connectivity index (χ2v) is 16.2. The first kappa shape index (κ1) is 46.4. The van der Waals surface area contributed by atoms with Crippen molar-refractivity contribution in [1.82, 2.24) is 0 Å². The van der Waals surface area contributed by atoms with E-state index in [9.17, 15) is 10.2 Å². The summed E-state index contributed by atoms with van der Waals surface area (Å²) in [5, 5.41) is 24.0. The lowest BCUT2D eigenvalue weighted by Crippen LogP contribution is -2.66. The highest BCUT2D eigenvalue weighted by molar-refractivity contribution is 5.18. The maximum Gasteiger partial charge on any atom is 0.187 e. The van der Waals surface area contributed by atoms with Crippen molar-refractivity contribution in [2.75, 3.05) is 13.2 Å². The molecule has 0 radical (unpaired) electrons. The van der Waals surface area contributed by atoms with Gasteiger partial charge >= 0.3 is 0 Å². The van der Waals surface area contributed by atoms with Gasteiger partial charge in [0.05, 0.1) is 52.9 Å². The lowest BCUT2D eigenvalue weighted by Gasteiger charge is -2.49. The Morgan fingerprint density at radius 1 is 0.338 bits per heavy atom. The molecule has 0 aliphatic carbocycles. The van der Waals surface area contributed by atoms with Gasteiger partial charge in [0.1, 0.15) is 48.8 Å². The minimum absolute atomic E-state index is 0.0206. The van der Waals surface area contributed by atoms with Crippen molar-refractivity contribution in [2.24, 2.45) is 0 Å². The van der Waals surface area contributed by atoms with E-state index >= 15 is 0 Å². The summed E-state index contributed by atoms with van der Waals surface area (Å²) in [6.45, 7) is 1.34. The Hall–Kier alpha value is -5.12. The summed E-state index contributed by atoms with van der Waals surface area (Å²) in [7, 11) is 0. The summed E-state index contributed by atoms with van der Waals surface area (Å²) in [4.78, 5) is 0.